The monoisotopic (exact) mass is 168 g/mol. The quantitative estimate of drug-likeness (QED) is 0.626. The van der Waals surface area contributed by atoms with Gasteiger partial charge in [-0.15, -0.1) is 0 Å². The molecular weight excluding hydrogens is 148 g/mol. The van der Waals surface area contributed by atoms with Crippen molar-refractivity contribution in [3.05, 3.63) is 11.6 Å². The van der Waals surface area contributed by atoms with Crippen LogP contribution < -0.4 is 11.5 Å². The smallest absolute Gasteiger partial charge is 0.00765 e. The summed E-state index contributed by atoms with van der Waals surface area (Å²) in [5.41, 5.74) is 13.0. The van der Waals surface area contributed by atoms with Crippen LogP contribution in [0.4, 0.5) is 0 Å². The lowest BCUT2D eigenvalue weighted by atomic mass is 9.86. The fourth-order valence-electron chi connectivity index (χ4n) is 1.83. The molecule has 1 rings (SSSR count). The van der Waals surface area contributed by atoms with Crippen LogP contribution in [-0.4, -0.2) is 12.6 Å². The Kier molecular flexibility index (Phi) is 3.76. The molecule has 0 aliphatic heterocycles. The lowest BCUT2D eigenvalue weighted by molar-refractivity contribution is 0.511. The highest BCUT2D eigenvalue weighted by atomic mass is 14.6. The fourth-order valence-corrected chi connectivity index (χ4v) is 1.83. The van der Waals surface area contributed by atoms with Crippen molar-refractivity contribution < 1.29 is 0 Å². The van der Waals surface area contributed by atoms with E-state index in [0.29, 0.717) is 12.0 Å². The average molecular weight is 168 g/mol. The predicted molar refractivity (Wildman–Crippen MR) is 52.7 cm³/mol. The van der Waals surface area contributed by atoms with Crippen LogP contribution >= 0.6 is 0 Å². The van der Waals surface area contributed by atoms with Gasteiger partial charge in [0.25, 0.3) is 0 Å². The maximum absolute atomic E-state index is 5.80. The first-order valence-corrected chi connectivity index (χ1v) is 4.92. The largest absolute Gasteiger partial charge is 0.330 e. The molecule has 0 bridgehead atoms. The second kappa shape index (κ2) is 4.63. The summed E-state index contributed by atoms with van der Waals surface area (Å²) in [6.45, 7) is 2.99. The van der Waals surface area contributed by atoms with Gasteiger partial charge in [-0.1, -0.05) is 18.6 Å². The van der Waals surface area contributed by atoms with Crippen molar-refractivity contribution in [2.24, 2.45) is 17.4 Å². The van der Waals surface area contributed by atoms with Crippen LogP contribution in [0.1, 0.15) is 32.6 Å². The molecule has 1 aliphatic rings. The van der Waals surface area contributed by atoms with Crippen molar-refractivity contribution in [3.63, 3.8) is 0 Å². The van der Waals surface area contributed by atoms with Crippen LogP contribution in [0.5, 0.6) is 0 Å². The van der Waals surface area contributed by atoms with E-state index in [1.807, 2.05) is 0 Å². The van der Waals surface area contributed by atoms with Crippen LogP contribution in [0.3, 0.4) is 0 Å². The predicted octanol–water partition coefficient (Wildman–Crippen LogP) is 1.41. The Balaban J connectivity index is 2.50. The fraction of sp³-hybridized carbons (Fsp3) is 0.800. The summed E-state index contributed by atoms with van der Waals surface area (Å²) in [7, 11) is 0. The van der Waals surface area contributed by atoms with Crippen molar-refractivity contribution in [1.82, 2.24) is 0 Å². The van der Waals surface area contributed by atoms with Gasteiger partial charge in [-0.05, 0) is 38.1 Å². The van der Waals surface area contributed by atoms with Gasteiger partial charge in [0.05, 0.1) is 0 Å². The van der Waals surface area contributed by atoms with E-state index in [-0.39, 0.29) is 0 Å². The maximum Gasteiger partial charge on any atom is 0.00765 e. The minimum absolute atomic E-state index is 0.393. The molecule has 70 valence electrons. The van der Waals surface area contributed by atoms with Gasteiger partial charge >= 0.3 is 0 Å². The van der Waals surface area contributed by atoms with E-state index in [2.05, 4.69) is 13.0 Å². The number of rotatable bonds is 3. The van der Waals surface area contributed by atoms with E-state index in [0.717, 1.165) is 32.2 Å². The summed E-state index contributed by atoms with van der Waals surface area (Å²) in [5.74, 6) is 0.609. The topological polar surface area (TPSA) is 52.0 Å². The van der Waals surface area contributed by atoms with Gasteiger partial charge in [-0.25, -0.2) is 0 Å². The van der Waals surface area contributed by atoms with Gasteiger partial charge in [0.2, 0.25) is 0 Å². The molecule has 0 saturated heterocycles. The Hall–Kier alpha value is -0.340. The molecule has 12 heavy (non-hydrogen) atoms. The summed E-state index contributed by atoms with van der Waals surface area (Å²) < 4.78 is 0. The van der Waals surface area contributed by atoms with E-state index >= 15 is 0 Å². The second-order valence-electron chi connectivity index (χ2n) is 3.65. The molecule has 2 heteroatoms. The van der Waals surface area contributed by atoms with Crippen LogP contribution in [0.15, 0.2) is 11.6 Å². The van der Waals surface area contributed by atoms with Gasteiger partial charge < -0.3 is 11.5 Å². The van der Waals surface area contributed by atoms with Crippen molar-refractivity contribution >= 4 is 0 Å². The zero-order valence-electron chi connectivity index (χ0n) is 7.92. The molecule has 0 radical (unpaired) electrons. The number of hydrogen-bond donors (Lipinski definition) is 2. The van der Waals surface area contributed by atoms with E-state index in [9.17, 15) is 0 Å². The van der Waals surface area contributed by atoms with E-state index < -0.39 is 0 Å². The average Bonchev–Trinajstić information content (AvgIpc) is 2.10. The first kappa shape index (κ1) is 9.75. The van der Waals surface area contributed by atoms with Gasteiger partial charge in [0, 0.05) is 6.04 Å². The Labute approximate surface area is 75.0 Å². The second-order valence-corrected chi connectivity index (χ2v) is 3.65. The van der Waals surface area contributed by atoms with Gasteiger partial charge in [0.1, 0.15) is 0 Å². The summed E-state index contributed by atoms with van der Waals surface area (Å²) >= 11 is 0. The summed E-state index contributed by atoms with van der Waals surface area (Å²) in [5, 5.41) is 0. The zero-order valence-corrected chi connectivity index (χ0v) is 7.92. The minimum Gasteiger partial charge on any atom is -0.330 e. The Morgan fingerprint density at radius 3 is 2.83 bits per heavy atom. The third kappa shape index (κ3) is 2.32. The number of nitrogens with two attached hydrogens (primary N) is 2. The van der Waals surface area contributed by atoms with Crippen molar-refractivity contribution in [1.29, 1.82) is 0 Å². The number of hydrogen-bond acceptors (Lipinski definition) is 2. The highest BCUT2D eigenvalue weighted by molar-refractivity contribution is 5.11. The molecule has 1 aliphatic carbocycles. The Bertz CT molecular complexity index is 159. The van der Waals surface area contributed by atoms with Crippen molar-refractivity contribution in [2.45, 2.75) is 38.6 Å². The molecular formula is C10H20N2. The Morgan fingerprint density at radius 2 is 2.42 bits per heavy atom. The zero-order chi connectivity index (χ0) is 8.97. The normalized spacial score (nSPS) is 26.6. The lowest BCUT2D eigenvalue weighted by Gasteiger charge is -2.23. The van der Waals surface area contributed by atoms with Crippen LogP contribution in [0.25, 0.3) is 0 Å². The SMILES string of the molecule is CCC(CN)C1=CC[C@H](N)CC1. The summed E-state index contributed by atoms with van der Waals surface area (Å²) in [6, 6.07) is 0.393. The van der Waals surface area contributed by atoms with Crippen LogP contribution in [0.2, 0.25) is 0 Å². The molecule has 0 spiro atoms. The van der Waals surface area contributed by atoms with E-state index in [4.69, 9.17) is 11.5 Å². The molecule has 0 aromatic rings. The molecule has 2 atom stereocenters. The lowest BCUT2D eigenvalue weighted by Crippen LogP contribution is -2.25. The Morgan fingerprint density at radius 1 is 1.67 bits per heavy atom. The molecule has 4 N–H and O–H groups in total. The molecule has 1 unspecified atom stereocenters. The third-order valence-corrected chi connectivity index (χ3v) is 2.79. The summed E-state index contributed by atoms with van der Waals surface area (Å²) in [4.78, 5) is 0. The molecule has 2 nitrogen and oxygen atoms in total. The van der Waals surface area contributed by atoms with E-state index in [1.165, 1.54) is 0 Å². The molecule has 0 saturated carbocycles. The highest BCUT2D eigenvalue weighted by Gasteiger charge is 2.15. The van der Waals surface area contributed by atoms with E-state index in [1.54, 1.807) is 5.57 Å². The minimum atomic E-state index is 0.393. The molecule has 0 aromatic heterocycles. The van der Waals surface area contributed by atoms with Crippen molar-refractivity contribution in [3.8, 4) is 0 Å². The standard InChI is InChI=1S/C10H20N2/c1-2-8(7-11)9-3-5-10(12)6-4-9/h3,8,10H,2,4-7,11-12H2,1H3/t8?,10-/m0/s1. The first-order chi connectivity index (χ1) is 5.77. The highest BCUT2D eigenvalue weighted by Crippen LogP contribution is 2.24. The van der Waals surface area contributed by atoms with Gasteiger partial charge in [0.15, 0.2) is 0 Å². The van der Waals surface area contributed by atoms with Gasteiger partial charge in [-0.2, -0.15) is 0 Å². The first-order valence-electron chi connectivity index (χ1n) is 4.92. The van der Waals surface area contributed by atoms with Crippen LogP contribution in [0, 0.1) is 5.92 Å². The van der Waals surface area contributed by atoms with Gasteiger partial charge in [-0.3, -0.25) is 0 Å². The summed E-state index contributed by atoms with van der Waals surface area (Å²) in [6.07, 6.45) is 6.82. The maximum atomic E-state index is 5.80. The molecule has 0 amide bonds. The molecule has 0 aromatic carbocycles. The molecule has 0 fully saturated rings. The molecule has 0 heterocycles. The van der Waals surface area contributed by atoms with Crippen LogP contribution in [-0.2, 0) is 0 Å². The van der Waals surface area contributed by atoms with Crippen molar-refractivity contribution in [2.75, 3.05) is 6.54 Å². The third-order valence-electron chi connectivity index (χ3n) is 2.79.